The molecule has 0 saturated carbocycles. The molecular weight excluding hydrogens is 1560 g/mol. The molecule has 0 spiro atoms. The fraction of sp³-hybridized carbons (Fsp3) is 0.481. The van der Waals surface area contributed by atoms with Crippen molar-refractivity contribution in [2.75, 3.05) is 32.8 Å². The highest BCUT2D eigenvalue weighted by molar-refractivity contribution is 7.82. The number of primary amides is 3. The summed E-state index contributed by atoms with van der Waals surface area (Å²) in [5.41, 5.74) is 27.5. The van der Waals surface area contributed by atoms with Crippen LogP contribution in [-0.2, 0) is 96.0 Å². The number of thiol groups is 2. The second-order valence-electron chi connectivity index (χ2n) is 29.5. The third-order valence-electron chi connectivity index (χ3n) is 18.5. The van der Waals surface area contributed by atoms with Crippen molar-refractivity contribution in [1.29, 1.82) is 0 Å². The van der Waals surface area contributed by atoms with Crippen LogP contribution in [0.25, 0.3) is 21.7 Å². The Morgan fingerprint density at radius 1 is 0.513 bits per heavy atom. The van der Waals surface area contributed by atoms with Crippen molar-refractivity contribution in [3.8, 4) is 5.75 Å². The van der Waals surface area contributed by atoms with Gasteiger partial charge in [0.05, 0.1) is 25.7 Å². The number of carboxylic acid groups (broad SMARTS) is 1. The van der Waals surface area contributed by atoms with Crippen molar-refractivity contribution >= 4 is 142 Å². The predicted octanol–water partition coefficient (Wildman–Crippen LogP) is -4.04. The van der Waals surface area contributed by atoms with Gasteiger partial charge in [0.25, 0.3) is 0 Å². The monoisotopic (exact) mass is 1670 g/mol. The number of nitrogens with two attached hydrogens (primary N) is 5. The van der Waals surface area contributed by atoms with Gasteiger partial charge in [0.15, 0.2) is 0 Å². The molecular formula is C77H108N18O20S2. The Morgan fingerprint density at radius 3 is 1.61 bits per heavy atom. The minimum absolute atomic E-state index is 0.0996. The lowest BCUT2D eigenvalue weighted by Gasteiger charge is -2.34. The second-order valence-corrected chi connectivity index (χ2v) is 31.8. The molecule has 0 aliphatic carbocycles. The van der Waals surface area contributed by atoms with Crippen molar-refractivity contribution in [2.45, 2.75) is 201 Å². The maximum Gasteiger partial charge on any atom is 0.303 e. The fourth-order valence-corrected chi connectivity index (χ4v) is 12.6. The summed E-state index contributed by atoms with van der Waals surface area (Å²) in [5, 5.41) is 62.9. The van der Waals surface area contributed by atoms with E-state index in [1.807, 2.05) is 6.07 Å². The van der Waals surface area contributed by atoms with E-state index in [0.29, 0.717) is 38.7 Å². The van der Waals surface area contributed by atoms with E-state index in [9.17, 15) is 68.1 Å². The number of aliphatic hydroxyl groups excluding tert-OH is 2. The van der Waals surface area contributed by atoms with Gasteiger partial charge in [-0.3, -0.25) is 76.7 Å². The van der Waals surface area contributed by atoms with E-state index < -0.39 is 221 Å². The number of nitrogens with one attached hydrogen (secondary N) is 13. The van der Waals surface area contributed by atoms with Crippen LogP contribution in [-0.4, -0.2) is 229 Å². The molecule has 38 nitrogen and oxygen atoms in total. The zero-order chi connectivity index (χ0) is 87.2. The number of aromatic nitrogens is 1. The summed E-state index contributed by atoms with van der Waals surface area (Å²) in [6.07, 6.45) is -4.42. The average molecular weight is 1670 g/mol. The molecule has 0 fully saturated rings. The number of carbonyl (C=O) groups is 16. The van der Waals surface area contributed by atoms with Gasteiger partial charge >= 0.3 is 5.97 Å². The Labute approximate surface area is 685 Å². The highest BCUT2D eigenvalue weighted by Crippen LogP contribution is 2.25. The van der Waals surface area contributed by atoms with E-state index in [-0.39, 0.29) is 58.2 Å². The van der Waals surface area contributed by atoms with Crippen LogP contribution in [0.3, 0.4) is 0 Å². The Hall–Kier alpha value is -11.5. The highest BCUT2D eigenvalue weighted by atomic mass is 32.1. The van der Waals surface area contributed by atoms with Gasteiger partial charge in [-0.15, -0.1) is 0 Å². The average Bonchev–Trinajstić information content (AvgIpc) is 1.80. The lowest BCUT2D eigenvalue weighted by molar-refractivity contribution is -0.140. The van der Waals surface area contributed by atoms with Gasteiger partial charge in [0.2, 0.25) is 88.6 Å². The van der Waals surface area contributed by atoms with Gasteiger partial charge in [-0.25, -0.2) is 0 Å². The molecule has 1 heterocycles. The smallest absolute Gasteiger partial charge is 0.303 e. The quantitative estimate of drug-likeness (QED) is 0.0130. The number of fused-ring (bicyclic) bond motifs is 2. The molecule has 4 aromatic carbocycles. The summed E-state index contributed by atoms with van der Waals surface area (Å²) < 4.78 is 2.86. The zero-order valence-corrected chi connectivity index (χ0v) is 67.8. The van der Waals surface area contributed by atoms with Crippen LogP contribution in [0.4, 0.5) is 0 Å². The molecule has 0 aliphatic heterocycles. The first-order valence-corrected chi connectivity index (χ1v) is 38.4. The number of para-hydroxylation sites is 1. The number of carboxylic acids is 1. The molecule has 12 atom stereocenters. The molecule has 0 unspecified atom stereocenters. The predicted molar refractivity (Wildman–Crippen MR) is 435 cm³/mol. The molecule has 40 heteroatoms. The summed E-state index contributed by atoms with van der Waals surface area (Å²) in [7, 11) is 0. The minimum atomic E-state index is -2.07. The summed E-state index contributed by atoms with van der Waals surface area (Å²) >= 11 is 9.12. The summed E-state index contributed by atoms with van der Waals surface area (Å²) in [6, 6.07) is 8.11. The number of aliphatic carboxylic acids is 1. The summed E-state index contributed by atoms with van der Waals surface area (Å²) in [5.74, 6) is -16.9. The van der Waals surface area contributed by atoms with Crippen molar-refractivity contribution in [3.63, 3.8) is 0 Å². The van der Waals surface area contributed by atoms with E-state index in [2.05, 4.69) is 81.4 Å². The first-order chi connectivity index (χ1) is 55.0. The molecule has 1 aromatic heterocycles. The van der Waals surface area contributed by atoms with Gasteiger partial charge in [0.1, 0.15) is 78.3 Å². The molecule has 0 bridgehead atoms. The molecule has 117 heavy (non-hydrogen) atoms. The number of aliphatic hydroxyl groups is 2. The van der Waals surface area contributed by atoms with Gasteiger partial charge in [-0.1, -0.05) is 72.8 Å². The third kappa shape index (κ3) is 30.9. The van der Waals surface area contributed by atoms with E-state index in [1.165, 1.54) is 40.8 Å². The van der Waals surface area contributed by atoms with Crippen LogP contribution in [0.5, 0.6) is 5.75 Å². The van der Waals surface area contributed by atoms with Gasteiger partial charge in [-0.05, 0) is 126 Å². The van der Waals surface area contributed by atoms with Crippen LogP contribution >= 0.6 is 25.3 Å². The number of aromatic amines is 1. The number of unbranched alkanes of at least 4 members (excludes halogenated alkanes) is 1. The molecule has 5 aromatic rings. The zero-order valence-electron chi connectivity index (χ0n) is 66.0. The molecule has 638 valence electrons. The number of hydrogen-bond donors (Lipinski definition) is 23. The highest BCUT2D eigenvalue weighted by Gasteiger charge is 2.44. The summed E-state index contributed by atoms with van der Waals surface area (Å²) in [4.78, 5) is 224. The van der Waals surface area contributed by atoms with Gasteiger partial charge < -0.3 is 118 Å². The van der Waals surface area contributed by atoms with Crippen LogP contribution in [0.2, 0.25) is 0 Å². The second kappa shape index (κ2) is 45.2. The topological polar surface area (TPSA) is 633 Å². The van der Waals surface area contributed by atoms with Gasteiger partial charge in [0, 0.05) is 72.2 Å². The minimum Gasteiger partial charge on any atom is -0.492 e. The third-order valence-corrected chi connectivity index (χ3v) is 19.1. The Morgan fingerprint density at radius 2 is 1.03 bits per heavy atom. The van der Waals surface area contributed by atoms with E-state index in [1.54, 1.807) is 84.9 Å². The van der Waals surface area contributed by atoms with Crippen molar-refractivity contribution in [1.82, 2.24) is 68.8 Å². The Bertz CT molecular complexity index is 4380. The first-order valence-electron chi connectivity index (χ1n) is 37.5. The maximum atomic E-state index is 15.5. The molecule has 0 radical (unpaired) electrons. The Kier molecular flexibility index (Phi) is 37.1. The van der Waals surface area contributed by atoms with Crippen molar-refractivity contribution < 1.29 is 96.8 Å². The van der Waals surface area contributed by atoms with E-state index >= 15 is 24.0 Å². The molecule has 26 N–H and O–H groups in total. The number of H-pyrrole nitrogens is 1. The lowest BCUT2D eigenvalue weighted by atomic mass is 9.91. The number of ether oxygens (including phenoxy) is 1. The standard InChI is InChI=1S/C77H108N18O20S2/c1-40(97)61(93-69(109)56(39-96)91-72(112)62(75(3,4)116)85-41(2)98)71(111)89-54(35-46-37-83-49-17-11-10-16-48(46)49)68(108)86-50(24-26-57(80)99)66(106)94-63(76(5,6)117)73(113)90-52(33-42-19-22-47(23-20-42)115-31-30-79)67(107)87-53(34-43-18-21-44-14-8-9-15-45(44)32-43)70(110)95-77(7,28-12-13-29-78)74(114)92-51(25-27-60(102)103)65(105)88-55(36-58(81)100)64(104)84-38-59(82)101/h8-11,14-23,32,37,40,50-56,61-63,83,96-97,116-117H,12-13,24-31,33-36,38-39,78-79H2,1-7H3,(H2,80,99)(H2,81,100)(H2,82,101)(H,84,104)(H,85,98)(H,86,108)(H,87,107)(H,88,105)(H,89,111)(H,90,113)(H,91,112)(H,92,114)(H,93,109)(H,94,106)(H,95,110)(H,102,103)/t40-,50+,51+,52+,53+,54+,55+,56+,61+,62-,63-,77+/m1/s1. The molecule has 0 saturated heterocycles. The number of amides is 15. The number of hydrogen-bond acceptors (Lipinski definition) is 23. The number of rotatable bonds is 49. The largest absolute Gasteiger partial charge is 0.492 e. The Balaban J connectivity index is 1.56. The van der Waals surface area contributed by atoms with Crippen molar-refractivity contribution in [2.24, 2.45) is 28.7 Å². The molecule has 15 amide bonds. The number of benzene rings is 4. The van der Waals surface area contributed by atoms with Crippen LogP contribution < -0.4 is 97.2 Å². The molecule has 5 rings (SSSR count). The van der Waals surface area contributed by atoms with E-state index in [4.69, 9.17) is 46.0 Å². The lowest BCUT2D eigenvalue weighted by Crippen LogP contribution is -2.65. The van der Waals surface area contributed by atoms with Crippen molar-refractivity contribution in [3.05, 3.63) is 114 Å². The van der Waals surface area contributed by atoms with E-state index in [0.717, 1.165) is 19.2 Å². The summed E-state index contributed by atoms with van der Waals surface area (Å²) in [6.45, 7) is 7.98. The van der Waals surface area contributed by atoms with Crippen LogP contribution in [0, 0.1) is 0 Å². The SMILES string of the molecule is CC(=O)N[C@H](C(=O)N[C@@H](CO)C(=O)N[C@H](C(=O)N[C@@H](Cc1c[nH]c2ccccc12)C(=O)N[C@@H](CCC(N)=O)C(=O)N[C@H](C(=O)N[C@@H](Cc1ccc(OCCN)cc1)C(=O)N[C@@H](Cc1ccc2ccccc2c1)C(=O)N[C@@](C)(CCCCN)C(=O)N[C@@H](CCC(=O)O)C(=O)N[C@@H](CC(N)=O)C(=O)NCC(N)=O)C(C)(C)S)[C@@H](C)O)C(C)(C)S. The first kappa shape index (κ1) is 96.1. The van der Waals surface area contributed by atoms with Crippen LogP contribution in [0.1, 0.15) is 117 Å². The van der Waals surface area contributed by atoms with Gasteiger partial charge in [-0.2, -0.15) is 25.3 Å². The normalized spacial score (nSPS) is 14.8. The molecule has 0 aliphatic rings. The fourth-order valence-electron chi connectivity index (χ4n) is 12.2. The maximum absolute atomic E-state index is 15.5. The van der Waals surface area contributed by atoms with Crippen LogP contribution in [0.15, 0.2) is 97.2 Å². The number of carbonyl (C=O) groups excluding carboxylic acids is 15.